The average Bonchev–Trinajstić information content (AvgIpc) is 3.81. The summed E-state index contributed by atoms with van der Waals surface area (Å²) in [5.41, 5.74) is 9.57. The fourth-order valence-electron chi connectivity index (χ4n) is 7.73. The van der Waals surface area contributed by atoms with Gasteiger partial charge in [0.2, 0.25) is 0 Å². The van der Waals surface area contributed by atoms with Crippen molar-refractivity contribution in [3.05, 3.63) is 182 Å². The molecular weight excluding hydrogens is 693 g/mol. The zero-order valence-electron chi connectivity index (χ0n) is 29.0. The van der Waals surface area contributed by atoms with E-state index in [9.17, 15) is 0 Å². The van der Waals surface area contributed by atoms with Crippen LogP contribution in [0.25, 0.3) is 107 Å². The Morgan fingerprint density at radius 1 is 0.278 bits per heavy atom. The largest absolute Gasteiger partial charge is 0.228 e. The second kappa shape index (κ2) is 12.6. The van der Waals surface area contributed by atoms with Crippen LogP contribution in [-0.4, -0.2) is 9.97 Å². The minimum absolute atomic E-state index is 0.709. The third-order valence-corrected chi connectivity index (χ3v) is 12.8. The van der Waals surface area contributed by atoms with Crippen molar-refractivity contribution in [2.75, 3.05) is 0 Å². The SMILES string of the molecule is c1ccc(-c2nc(-c3cc(-c4ccc5sc6ccccc6c5c4)cc(-c4ccc5sc6ccccc6c5c4)c3)cc(-c3ccc4ccccc4c3)n2)cc1. The van der Waals surface area contributed by atoms with Crippen molar-refractivity contribution in [2.24, 2.45) is 0 Å². The Labute approximate surface area is 320 Å². The highest BCUT2D eigenvalue weighted by molar-refractivity contribution is 7.26. The molecule has 11 rings (SSSR count). The second-order valence-corrected chi connectivity index (χ2v) is 16.0. The Morgan fingerprint density at radius 3 is 1.43 bits per heavy atom. The fourth-order valence-corrected chi connectivity index (χ4v) is 9.90. The summed E-state index contributed by atoms with van der Waals surface area (Å²) in [6.07, 6.45) is 0. The molecule has 252 valence electrons. The zero-order valence-corrected chi connectivity index (χ0v) is 30.7. The highest BCUT2D eigenvalue weighted by atomic mass is 32.1. The van der Waals surface area contributed by atoms with Crippen molar-refractivity contribution in [1.82, 2.24) is 9.97 Å². The zero-order chi connectivity index (χ0) is 35.6. The lowest BCUT2D eigenvalue weighted by Gasteiger charge is -2.14. The maximum absolute atomic E-state index is 5.29. The van der Waals surface area contributed by atoms with Crippen LogP contribution in [0.4, 0.5) is 0 Å². The van der Waals surface area contributed by atoms with Crippen LogP contribution in [0, 0.1) is 0 Å². The molecule has 0 atom stereocenters. The van der Waals surface area contributed by atoms with Gasteiger partial charge in [-0.3, -0.25) is 0 Å². The molecule has 0 aliphatic carbocycles. The number of aromatic nitrogens is 2. The van der Waals surface area contributed by atoms with Gasteiger partial charge in [0.15, 0.2) is 5.82 Å². The first-order chi connectivity index (χ1) is 26.7. The normalized spacial score (nSPS) is 11.7. The molecule has 11 aromatic rings. The summed E-state index contributed by atoms with van der Waals surface area (Å²) in [4.78, 5) is 10.5. The number of thiophene rings is 2. The van der Waals surface area contributed by atoms with Gasteiger partial charge in [-0.2, -0.15) is 0 Å². The molecule has 0 N–H and O–H groups in total. The molecule has 0 amide bonds. The highest BCUT2D eigenvalue weighted by Gasteiger charge is 2.16. The smallest absolute Gasteiger partial charge is 0.160 e. The number of hydrogen-bond acceptors (Lipinski definition) is 4. The maximum atomic E-state index is 5.29. The quantitative estimate of drug-likeness (QED) is 0.177. The van der Waals surface area contributed by atoms with Crippen LogP contribution in [0.3, 0.4) is 0 Å². The number of hydrogen-bond donors (Lipinski definition) is 0. The van der Waals surface area contributed by atoms with E-state index in [1.54, 1.807) is 0 Å². The molecule has 0 saturated heterocycles. The van der Waals surface area contributed by atoms with E-state index < -0.39 is 0 Å². The number of nitrogens with zero attached hydrogens (tertiary/aromatic N) is 2. The molecule has 0 spiro atoms. The molecule has 54 heavy (non-hydrogen) atoms. The third-order valence-electron chi connectivity index (χ3n) is 10.5. The van der Waals surface area contributed by atoms with Crippen LogP contribution in [-0.2, 0) is 0 Å². The third kappa shape index (κ3) is 5.38. The Bertz CT molecular complexity index is 3100. The lowest BCUT2D eigenvalue weighted by molar-refractivity contribution is 1.18. The monoisotopic (exact) mass is 722 g/mol. The van der Waals surface area contributed by atoms with E-state index in [-0.39, 0.29) is 0 Å². The van der Waals surface area contributed by atoms with E-state index in [0.29, 0.717) is 5.82 Å². The summed E-state index contributed by atoms with van der Waals surface area (Å²) < 4.78 is 5.22. The number of rotatable bonds is 5. The Kier molecular flexibility index (Phi) is 7.25. The van der Waals surface area contributed by atoms with Gasteiger partial charge >= 0.3 is 0 Å². The van der Waals surface area contributed by atoms with Gasteiger partial charge in [-0.15, -0.1) is 22.7 Å². The summed E-state index contributed by atoms with van der Waals surface area (Å²) in [5, 5.41) is 7.58. The summed E-state index contributed by atoms with van der Waals surface area (Å²) in [6.45, 7) is 0. The van der Waals surface area contributed by atoms with Crippen LogP contribution < -0.4 is 0 Å². The molecule has 0 unspecified atom stereocenters. The van der Waals surface area contributed by atoms with Crippen LogP contribution >= 0.6 is 22.7 Å². The standard InChI is InChI=1S/C50H30N2S2/c1-2-11-32(12-3-1)50-51-44(36-19-18-31-10-4-5-13-33(31)24-36)30-45(52-50)39-26-37(34-20-22-48-42(28-34)40-14-6-8-16-46(40)53-48)25-38(27-39)35-21-23-49-43(29-35)41-15-7-9-17-47(41)54-49/h1-30H. The van der Waals surface area contributed by atoms with E-state index >= 15 is 0 Å². The molecule has 4 heteroatoms. The van der Waals surface area contributed by atoms with Crippen molar-refractivity contribution >= 4 is 73.8 Å². The van der Waals surface area contributed by atoms with Gasteiger partial charge in [0, 0.05) is 57.0 Å². The van der Waals surface area contributed by atoms with Crippen LogP contribution in [0.15, 0.2) is 182 Å². The summed E-state index contributed by atoms with van der Waals surface area (Å²) in [7, 11) is 0. The van der Waals surface area contributed by atoms with Gasteiger partial charge in [0.1, 0.15) is 0 Å². The fraction of sp³-hybridized carbons (Fsp3) is 0. The van der Waals surface area contributed by atoms with Gasteiger partial charge < -0.3 is 0 Å². The molecule has 0 bridgehead atoms. The van der Waals surface area contributed by atoms with E-state index in [0.717, 1.165) is 39.2 Å². The average molecular weight is 723 g/mol. The van der Waals surface area contributed by atoms with Gasteiger partial charge in [-0.1, -0.05) is 115 Å². The van der Waals surface area contributed by atoms with Gasteiger partial charge in [-0.25, -0.2) is 9.97 Å². The van der Waals surface area contributed by atoms with Gasteiger partial charge in [0.05, 0.1) is 11.4 Å². The summed E-state index contributed by atoms with van der Waals surface area (Å²) >= 11 is 3.70. The maximum Gasteiger partial charge on any atom is 0.160 e. The molecule has 0 radical (unpaired) electrons. The summed E-state index contributed by atoms with van der Waals surface area (Å²) in [5.74, 6) is 0.709. The van der Waals surface area contributed by atoms with E-state index in [4.69, 9.17) is 9.97 Å². The molecule has 3 aromatic heterocycles. The van der Waals surface area contributed by atoms with Crippen molar-refractivity contribution in [1.29, 1.82) is 0 Å². The van der Waals surface area contributed by atoms with Crippen LogP contribution in [0.2, 0.25) is 0 Å². The first-order valence-electron chi connectivity index (χ1n) is 18.1. The van der Waals surface area contributed by atoms with Gasteiger partial charge in [-0.05, 0) is 99.8 Å². The van der Waals surface area contributed by atoms with Crippen molar-refractivity contribution in [3.63, 3.8) is 0 Å². The van der Waals surface area contributed by atoms with E-state index in [2.05, 4.69) is 164 Å². The Morgan fingerprint density at radius 2 is 0.778 bits per heavy atom. The second-order valence-electron chi connectivity index (χ2n) is 13.8. The first-order valence-corrected chi connectivity index (χ1v) is 19.8. The molecule has 0 saturated carbocycles. The molecular formula is C50H30N2S2. The van der Waals surface area contributed by atoms with E-state index in [1.807, 2.05) is 40.9 Å². The molecule has 0 aliphatic heterocycles. The van der Waals surface area contributed by atoms with Crippen molar-refractivity contribution in [3.8, 4) is 56.2 Å². The highest BCUT2D eigenvalue weighted by Crippen LogP contribution is 2.41. The van der Waals surface area contributed by atoms with Crippen LogP contribution in [0.5, 0.6) is 0 Å². The summed E-state index contributed by atoms with van der Waals surface area (Å²) in [6, 6.07) is 65.8. The molecule has 0 aliphatic rings. The van der Waals surface area contributed by atoms with E-state index in [1.165, 1.54) is 62.2 Å². The number of benzene rings is 8. The topological polar surface area (TPSA) is 25.8 Å². The molecule has 8 aromatic carbocycles. The predicted molar refractivity (Wildman–Crippen MR) is 232 cm³/mol. The first kappa shape index (κ1) is 31.1. The number of fused-ring (bicyclic) bond motifs is 7. The lowest BCUT2D eigenvalue weighted by Crippen LogP contribution is -1.96. The molecule has 0 fully saturated rings. The Balaban J connectivity index is 1.15. The van der Waals surface area contributed by atoms with Crippen molar-refractivity contribution < 1.29 is 0 Å². The lowest BCUT2D eigenvalue weighted by atomic mass is 9.93. The van der Waals surface area contributed by atoms with Gasteiger partial charge in [0.25, 0.3) is 0 Å². The predicted octanol–water partition coefficient (Wildman–Crippen LogP) is 14.7. The minimum Gasteiger partial charge on any atom is -0.228 e. The van der Waals surface area contributed by atoms with Crippen molar-refractivity contribution in [2.45, 2.75) is 0 Å². The Hall–Kier alpha value is -6.46. The molecule has 2 nitrogen and oxygen atoms in total. The minimum atomic E-state index is 0.709. The van der Waals surface area contributed by atoms with Crippen LogP contribution in [0.1, 0.15) is 0 Å². The molecule has 3 heterocycles.